The van der Waals surface area contributed by atoms with E-state index < -0.39 is 0 Å². The number of piperazine rings is 1. The number of benzene rings is 1. The van der Waals surface area contributed by atoms with E-state index >= 15 is 0 Å². The maximum Gasteiger partial charge on any atom is 0.253 e. The van der Waals surface area contributed by atoms with Gasteiger partial charge in [-0.2, -0.15) is 5.10 Å². The number of carbonyl (C=O) groups excluding carboxylic acids is 1. The van der Waals surface area contributed by atoms with E-state index in [0.29, 0.717) is 19.6 Å². The number of amides is 1. The van der Waals surface area contributed by atoms with E-state index in [-0.39, 0.29) is 12.0 Å². The summed E-state index contributed by atoms with van der Waals surface area (Å²) in [5.74, 6) is 0.0827. The number of hydrogen-bond donors (Lipinski definition) is 1. The van der Waals surface area contributed by atoms with E-state index in [4.69, 9.17) is 0 Å². The Morgan fingerprint density at radius 1 is 1.17 bits per heavy atom. The first-order valence-electron chi connectivity index (χ1n) is 8.64. The van der Waals surface area contributed by atoms with Gasteiger partial charge in [-0.3, -0.25) is 14.7 Å². The van der Waals surface area contributed by atoms with Crippen LogP contribution in [0.3, 0.4) is 0 Å². The van der Waals surface area contributed by atoms with E-state index in [1.807, 2.05) is 41.1 Å². The van der Waals surface area contributed by atoms with E-state index in [1.54, 1.807) is 6.92 Å². The van der Waals surface area contributed by atoms with Gasteiger partial charge in [0.25, 0.3) is 5.91 Å². The van der Waals surface area contributed by atoms with Crippen LogP contribution in [-0.2, 0) is 0 Å². The van der Waals surface area contributed by atoms with Gasteiger partial charge in [0.05, 0.1) is 11.8 Å². The van der Waals surface area contributed by atoms with Gasteiger partial charge >= 0.3 is 0 Å². The standard InChI is InChI=1S/C18H26N4O2/c1-14-7-8-22(19-14)17-5-3-16(4-6-17)18(24)21-11-9-20(10-12-21)13-15(2)23/h3-6,15,23H,7-13H2,1-2H3. The van der Waals surface area contributed by atoms with Crippen molar-refractivity contribution in [2.24, 2.45) is 5.10 Å². The molecule has 2 aliphatic heterocycles. The van der Waals surface area contributed by atoms with Gasteiger partial charge < -0.3 is 10.0 Å². The molecule has 2 aliphatic rings. The number of nitrogens with zero attached hydrogens (tertiary/aromatic N) is 4. The van der Waals surface area contributed by atoms with Crippen molar-refractivity contribution in [2.45, 2.75) is 26.4 Å². The van der Waals surface area contributed by atoms with Crippen molar-refractivity contribution in [1.29, 1.82) is 0 Å². The lowest BCUT2D eigenvalue weighted by Gasteiger charge is -2.35. The number of anilines is 1. The normalized spacial score (nSPS) is 20.2. The van der Waals surface area contributed by atoms with Crippen molar-refractivity contribution >= 4 is 17.3 Å². The molecule has 0 radical (unpaired) electrons. The average Bonchev–Trinajstić information content (AvgIpc) is 3.01. The summed E-state index contributed by atoms with van der Waals surface area (Å²) in [6.45, 7) is 8.47. The third-order valence-corrected chi connectivity index (χ3v) is 4.57. The molecule has 6 nitrogen and oxygen atoms in total. The fourth-order valence-corrected chi connectivity index (χ4v) is 3.23. The highest BCUT2D eigenvalue weighted by molar-refractivity contribution is 5.94. The molecule has 6 heteroatoms. The summed E-state index contributed by atoms with van der Waals surface area (Å²) < 4.78 is 0. The Bertz CT molecular complexity index is 604. The predicted molar refractivity (Wildman–Crippen MR) is 95.5 cm³/mol. The van der Waals surface area contributed by atoms with Crippen molar-refractivity contribution in [1.82, 2.24) is 9.80 Å². The van der Waals surface area contributed by atoms with Crippen molar-refractivity contribution in [3.8, 4) is 0 Å². The number of aliphatic hydroxyl groups excluding tert-OH is 1. The topological polar surface area (TPSA) is 59.4 Å². The molecule has 1 saturated heterocycles. The molecule has 2 heterocycles. The zero-order valence-electron chi connectivity index (χ0n) is 14.5. The van der Waals surface area contributed by atoms with Gasteiger partial charge in [0.15, 0.2) is 0 Å². The molecule has 1 fully saturated rings. The van der Waals surface area contributed by atoms with Gasteiger partial charge in [0.2, 0.25) is 0 Å². The molecule has 0 bridgehead atoms. The van der Waals surface area contributed by atoms with Crippen LogP contribution in [0, 0.1) is 0 Å². The number of rotatable bonds is 4. The first kappa shape index (κ1) is 16.9. The zero-order valence-corrected chi connectivity index (χ0v) is 14.5. The average molecular weight is 330 g/mol. The lowest BCUT2D eigenvalue weighted by molar-refractivity contribution is 0.0554. The molecular formula is C18H26N4O2. The molecule has 3 rings (SSSR count). The molecule has 24 heavy (non-hydrogen) atoms. The SMILES string of the molecule is CC1=NN(c2ccc(C(=O)N3CCN(CC(C)O)CC3)cc2)CC1. The fourth-order valence-electron chi connectivity index (χ4n) is 3.23. The highest BCUT2D eigenvalue weighted by Gasteiger charge is 2.23. The van der Waals surface area contributed by atoms with Crippen molar-refractivity contribution < 1.29 is 9.90 Å². The molecule has 1 amide bonds. The maximum atomic E-state index is 12.6. The molecular weight excluding hydrogens is 304 g/mol. The monoisotopic (exact) mass is 330 g/mol. The van der Waals surface area contributed by atoms with E-state index in [1.165, 1.54) is 0 Å². The number of hydrogen-bond acceptors (Lipinski definition) is 5. The number of carbonyl (C=O) groups is 1. The van der Waals surface area contributed by atoms with E-state index in [9.17, 15) is 9.90 Å². The highest BCUT2D eigenvalue weighted by atomic mass is 16.3. The Morgan fingerprint density at radius 3 is 2.38 bits per heavy atom. The molecule has 0 saturated carbocycles. The fraction of sp³-hybridized carbons (Fsp3) is 0.556. The largest absolute Gasteiger partial charge is 0.392 e. The molecule has 1 aromatic carbocycles. The Kier molecular flexibility index (Phi) is 5.16. The Balaban J connectivity index is 1.58. The van der Waals surface area contributed by atoms with Crippen LogP contribution in [0.2, 0.25) is 0 Å². The third kappa shape index (κ3) is 3.94. The van der Waals surface area contributed by atoms with Crippen LogP contribution >= 0.6 is 0 Å². The minimum absolute atomic E-state index is 0.0827. The second-order valence-electron chi connectivity index (χ2n) is 6.70. The van der Waals surface area contributed by atoms with Gasteiger partial charge in [0, 0.05) is 57.0 Å². The van der Waals surface area contributed by atoms with Crippen LogP contribution in [0.1, 0.15) is 30.6 Å². The van der Waals surface area contributed by atoms with Gasteiger partial charge in [-0.25, -0.2) is 0 Å². The van der Waals surface area contributed by atoms with Crippen molar-refractivity contribution in [3.05, 3.63) is 29.8 Å². The first-order chi connectivity index (χ1) is 11.5. The molecule has 1 aromatic rings. The molecule has 1 unspecified atom stereocenters. The van der Waals surface area contributed by atoms with E-state index in [2.05, 4.69) is 10.0 Å². The molecule has 0 aromatic heterocycles. The van der Waals surface area contributed by atoms with Crippen LogP contribution < -0.4 is 5.01 Å². The summed E-state index contributed by atoms with van der Waals surface area (Å²) >= 11 is 0. The minimum atomic E-state index is -0.323. The van der Waals surface area contributed by atoms with Gasteiger partial charge in [0.1, 0.15) is 0 Å². The zero-order chi connectivity index (χ0) is 17.1. The maximum absolute atomic E-state index is 12.6. The summed E-state index contributed by atoms with van der Waals surface area (Å²) in [6, 6.07) is 7.73. The second-order valence-corrected chi connectivity index (χ2v) is 6.70. The molecule has 0 aliphatic carbocycles. The Labute approximate surface area is 143 Å². The van der Waals surface area contributed by atoms with Crippen LogP contribution in [0.5, 0.6) is 0 Å². The molecule has 1 N–H and O–H groups in total. The highest BCUT2D eigenvalue weighted by Crippen LogP contribution is 2.20. The number of hydrazone groups is 1. The minimum Gasteiger partial charge on any atom is -0.392 e. The quantitative estimate of drug-likeness (QED) is 0.907. The molecule has 1 atom stereocenters. The predicted octanol–water partition coefficient (Wildman–Crippen LogP) is 1.41. The van der Waals surface area contributed by atoms with Crippen molar-refractivity contribution in [3.63, 3.8) is 0 Å². The third-order valence-electron chi connectivity index (χ3n) is 4.57. The van der Waals surface area contributed by atoms with E-state index in [0.717, 1.165) is 43.0 Å². The Hall–Kier alpha value is -1.92. The molecule has 0 spiro atoms. The summed E-state index contributed by atoms with van der Waals surface area (Å²) in [7, 11) is 0. The lowest BCUT2D eigenvalue weighted by Crippen LogP contribution is -2.50. The summed E-state index contributed by atoms with van der Waals surface area (Å²) in [6.07, 6.45) is 0.675. The van der Waals surface area contributed by atoms with Crippen LogP contribution in [0.25, 0.3) is 0 Å². The van der Waals surface area contributed by atoms with Gasteiger partial charge in [-0.1, -0.05) is 0 Å². The summed E-state index contributed by atoms with van der Waals surface area (Å²) in [5.41, 5.74) is 2.90. The van der Waals surface area contributed by atoms with Crippen molar-refractivity contribution in [2.75, 3.05) is 44.3 Å². The smallest absolute Gasteiger partial charge is 0.253 e. The van der Waals surface area contributed by atoms with Gasteiger partial charge in [-0.15, -0.1) is 0 Å². The number of β-amino-alcohol motifs (C(OH)–C–C–N with tert-alkyl or cyclic N) is 1. The Morgan fingerprint density at radius 2 is 1.83 bits per heavy atom. The molecule has 130 valence electrons. The second kappa shape index (κ2) is 7.32. The lowest BCUT2D eigenvalue weighted by atomic mass is 10.1. The van der Waals surface area contributed by atoms with Crippen LogP contribution in [0.15, 0.2) is 29.4 Å². The van der Waals surface area contributed by atoms with Crippen LogP contribution in [-0.4, -0.2) is 71.9 Å². The number of aliphatic hydroxyl groups is 1. The summed E-state index contributed by atoms with van der Waals surface area (Å²) in [4.78, 5) is 16.7. The van der Waals surface area contributed by atoms with Gasteiger partial charge in [-0.05, 0) is 38.1 Å². The summed E-state index contributed by atoms with van der Waals surface area (Å²) in [5, 5.41) is 15.9. The first-order valence-corrected chi connectivity index (χ1v) is 8.64. The van der Waals surface area contributed by atoms with Crippen LogP contribution in [0.4, 0.5) is 5.69 Å².